The zero-order chi connectivity index (χ0) is 30.2. The van der Waals surface area contributed by atoms with Crippen LogP contribution in [0.25, 0.3) is 0 Å². The van der Waals surface area contributed by atoms with Crippen LogP contribution in [0.3, 0.4) is 0 Å². The molecule has 0 radical (unpaired) electrons. The minimum atomic E-state index is -2.74. The van der Waals surface area contributed by atoms with Gasteiger partial charge in [0.1, 0.15) is 0 Å². The molecule has 1 atom stereocenters. The molecule has 1 fully saturated rings. The van der Waals surface area contributed by atoms with Gasteiger partial charge in [-0.25, -0.2) is 4.79 Å². The van der Waals surface area contributed by atoms with Crippen LogP contribution < -0.4 is 9.47 Å². The number of carbonyl (C=O) groups is 4. The van der Waals surface area contributed by atoms with Crippen LogP contribution in [0.15, 0.2) is 42.5 Å². The van der Waals surface area contributed by atoms with Crippen LogP contribution in [-0.2, 0) is 27.3 Å². The molecule has 2 aliphatic rings. The average Bonchev–Trinajstić information content (AvgIpc) is 3.22. The second kappa shape index (κ2) is 14.1. The summed E-state index contributed by atoms with van der Waals surface area (Å²) in [6.07, 6.45) is 1.90. The van der Waals surface area contributed by atoms with E-state index >= 15 is 0 Å². The quantitative estimate of drug-likeness (QED) is 0.312. The Hall–Kier alpha value is -3.96. The molecule has 2 aromatic rings. The fourth-order valence-electron chi connectivity index (χ4n) is 5.43. The Morgan fingerprint density at radius 1 is 0.927 bits per heavy atom. The molecular weight excluding hydrogens is 534 g/mol. The molecule has 0 saturated carbocycles. The number of hydrogen-bond acceptors (Lipinski definition) is 8. The van der Waals surface area contributed by atoms with Crippen molar-refractivity contribution in [3.63, 3.8) is 0 Å². The molecule has 2 aromatic carbocycles. The summed E-state index contributed by atoms with van der Waals surface area (Å²) in [5.41, 5.74) is 0.570. The summed E-state index contributed by atoms with van der Waals surface area (Å²) < 4.78 is 10.8. The number of fused-ring (bicyclic) bond motifs is 1. The number of rotatable bonds is 11. The number of carbonyl (C=O) groups excluding carboxylic acids is 1. The first kappa shape index (κ1) is 31.6. The molecular formula is C30H37NO10. The lowest BCUT2D eigenvalue weighted by Crippen LogP contribution is -2.42. The van der Waals surface area contributed by atoms with Crippen molar-refractivity contribution in [1.82, 2.24) is 4.90 Å². The van der Waals surface area contributed by atoms with E-state index in [2.05, 4.69) is 35.2 Å². The Bertz CT molecular complexity index is 1220. The van der Waals surface area contributed by atoms with Gasteiger partial charge in [-0.2, -0.15) is 0 Å². The third kappa shape index (κ3) is 8.51. The molecule has 222 valence electrons. The van der Waals surface area contributed by atoms with E-state index in [9.17, 15) is 19.2 Å². The number of nitrogens with zero attached hydrogens (tertiary/aromatic N) is 1. The van der Waals surface area contributed by atoms with Crippen LogP contribution in [0, 0.1) is 11.8 Å². The molecule has 0 aromatic heterocycles. The predicted molar refractivity (Wildman–Crippen MR) is 147 cm³/mol. The van der Waals surface area contributed by atoms with Gasteiger partial charge in [0.2, 0.25) is 0 Å². The van der Waals surface area contributed by atoms with Gasteiger partial charge in [-0.1, -0.05) is 30.3 Å². The number of carboxylic acid groups (broad SMARTS) is 3. The van der Waals surface area contributed by atoms with Crippen LogP contribution in [0.1, 0.15) is 53.6 Å². The van der Waals surface area contributed by atoms with Crippen LogP contribution >= 0.6 is 0 Å². The van der Waals surface area contributed by atoms with E-state index in [-0.39, 0.29) is 11.7 Å². The number of benzene rings is 2. The second-order valence-corrected chi connectivity index (χ2v) is 10.5. The third-order valence-corrected chi connectivity index (χ3v) is 7.57. The smallest absolute Gasteiger partial charge is 0.336 e. The van der Waals surface area contributed by atoms with E-state index in [4.69, 9.17) is 29.9 Å². The SMILES string of the molecule is COc1cc2c(cc1OC)C(=O)C(CC1CCN(Cc3ccccc3)CC1)C2.O=C(O)CC(O)(CC(=O)O)C(=O)O. The van der Waals surface area contributed by atoms with Crippen LogP contribution in [0.2, 0.25) is 0 Å². The topological polar surface area (TPSA) is 171 Å². The van der Waals surface area contributed by atoms with Crippen LogP contribution in [0.5, 0.6) is 11.5 Å². The summed E-state index contributed by atoms with van der Waals surface area (Å²) in [4.78, 5) is 46.0. The molecule has 11 heteroatoms. The Balaban J connectivity index is 0.000000302. The molecule has 1 aliphatic carbocycles. The molecule has 41 heavy (non-hydrogen) atoms. The number of aliphatic hydroxyl groups is 1. The first-order valence-corrected chi connectivity index (χ1v) is 13.4. The fourth-order valence-corrected chi connectivity index (χ4v) is 5.43. The summed E-state index contributed by atoms with van der Waals surface area (Å²) in [6, 6.07) is 14.5. The number of piperidine rings is 1. The highest BCUT2D eigenvalue weighted by Crippen LogP contribution is 2.39. The molecule has 0 bridgehead atoms. The highest BCUT2D eigenvalue weighted by molar-refractivity contribution is 6.03. The highest BCUT2D eigenvalue weighted by atomic mass is 16.5. The van der Waals surface area contributed by atoms with Crippen molar-refractivity contribution in [2.45, 2.75) is 50.7 Å². The van der Waals surface area contributed by atoms with Gasteiger partial charge in [-0.15, -0.1) is 0 Å². The Morgan fingerprint density at radius 3 is 2.00 bits per heavy atom. The summed E-state index contributed by atoms with van der Waals surface area (Å²) in [5, 5.41) is 33.8. The molecule has 1 saturated heterocycles. The molecule has 0 amide bonds. The van der Waals surface area contributed by atoms with Crippen molar-refractivity contribution >= 4 is 23.7 Å². The number of hydrogen-bond donors (Lipinski definition) is 4. The zero-order valence-electron chi connectivity index (χ0n) is 23.2. The first-order valence-electron chi connectivity index (χ1n) is 13.4. The van der Waals surface area contributed by atoms with E-state index in [0.717, 1.165) is 43.6 Å². The average molecular weight is 572 g/mol. The normalized spacial score (nSPS) is 17.2. The van der Waals surface area contributed by atoms with Crippen molar-refractivity contribution in [2.75, 3.05) is 27.3 Å². The summed E-state index contributed by atoms with van der Waals surface area (Å²) >= 11 is 0. The second-order valence-electron chi connectivity index (χ2n) is 10.5. The van der Waals surface area contributed by atoms with E-state index in [0.29, 0.717) is 17.4 Å². The molecule has 4 N–H and O–H groups in total. The maximum Gasteiger partial charge on any atom is 0.336 e. The predicted octanol–water partition coefficient (Wildman–Crippen LogP) is 3.11. The minimum absolute atomic E-state index is 0.109. The molecule has 1 unspecified atom stereocenters. The summed E-state index contributed by atoms with van der Waals surface area (Å²) in [5.74, 6) is -2.64. The van der Waals surface area contributed by atoms with Crippen LogP contribution in [-0.4, -0.2) is 81.9 Å². The van der Waals surface area contributed by atoms with Crippen molar-refractivity contribution in [2.24, 2.45) is 11.8 Å². The molecule has 4 rings (SSSR count). The zero-order valence-corrected chi connectivity index (χ0v) is 23.2. The summed E-state index contributed by atoms with van der Waals surface area (Å²) in [7, 11) is 3.26. The lowest BCUT2D eigenvalue weighted by atomic mass is 9.85. The standard InChI is InChI=1S/C24H29NO3.C6H8O7/c1-27-22-14-19-13-20(24(26)21(19)15-23(22)28-2)12-17-8-10-25(11-9-17)16-18-6-4-3-5-7-18;7-3(8)1-6(13,5(11)12)2-4(9)10/h3-7,14-15,17,20H,8-13,16H2,1-2H3;13H,1-2H2,(H,7,8)(H,9,10)(H,11,12). The molecule has 1 heterocycles. The first-order chi connectivity index (χ1) is 19.4. The van der Waals surface area contributed by atoms with Gasteiger partial charge in [-0.05, 0) is 68.0 Å². The molecule has 1 aliphatic heterocycles. The lowest BCUT2D eigenvalue weighted by Gasteiger charge is -2.32. The minimum Gasteiger partial charge on any atom is -0.493 e. The van der Waals surface area contributed by atoms with Gasteiger partial charge in [-0.3, -0.25) is 19.3 Å². The van der Waals surface area contributed by atoms with Crippen molar-refractivity contribution in [1.29, 1.82) is 0 Å². The van der Waals surface area contributed by atoms with Crippen molar-refractivity contribution in [3.05, 3.63) is 59.2 Å². The van der Waals surface area contributed by atoms with E-state index in [1.807, 2.05) is 12.1 Å². The van der Waals surface area contributed by atoms with E-state index < -0.39 is 36.4 Å². The molecule has 11 nitrogen and oxygen atoms in total. The maximum absolute atomic E-state index is 12.9. The lowest BCUT2D eigenvalue weighted by molar-refractivity contribution is -0.170. The van der Waals surface area contributed by atoms with Gasteiger partial charge >= 0.3 is 17.9 Å². The highest BCUT2D eigenvalue weighted by Gasteiger charge is 2.41. The Morgan fingerprint density at radius 2 is 1.49 bits per heavy atom. The van der Waals surface area contributed by atoms with Crippen molar-refractivity contribution in [3.8, 4) is 11.5 Å². The van der Waals surface area contributed by atoms with E-state index in [1.54, 1.807) is 14.2 Å². The van der Waals surface area contributed by atoms with Crippen LogP contribution in [0.4, 0.5) is 0 Å². The number of methoxy groups -OCH3 is 2. The number of Topliss-reactive ketones (excluding diaryl/α,β-unsaturated/α-hetero) is 1. The number of ether oxygens (including phenoxy) is 2. The monoisotopic (exact) mass is 571 g/mol. The number of aliphatic carboxylic acids is 3. The largest absolute Gasteiger partial charge is 0.493 e. The summed E-state index contributed by atoms with van der Waals surface area (Å²) in [6.45, 7) is 3.27. The van der Waals surface area contributed by atoms with Gasteiger partial charge < -0.3 is 29.9 Å². The van der Waals surface area contributed by atoms with Gasteiger partial charge in [0.15, 0.2) is 22.9 Å². The van der Waals surface area contributed by atoms with Crippen molar-refractivity contribution < 1.29 is 49.1 Å². The number of likely N-dealkylation sites (tertiary alicyclic amines) is 1. The fraction of sp³-hybridized carbons (Fsp3) is 0.467. The Kier molecular flexibility index (Phi) is 10.8. The maximum atomic E-state index is 12.9. The van der Waals surface area contributed by atoms with Gasteiger partial charge in [0.05, 0.1) is 27.1 Å². The number of ketones is 1. The Labute approximate surface area is 238 Å². The third-order valence-electron chi connectivity index (χ3n) is 7.57. The number of carboxylic acids is 3. The van der Waals surface area contributed by atoms with Gasteiger partial charge in [0, 0.05) is 18.0 Å². The molecule has 0 spiro atoms. The van der Waals surface area contributed by atoms with Gasteiger partial charge in [0.25, 0.3) is 0 Å². The van der Waals surface area contributed by atoms with E-state index in [1.165, 1.54) is 18.4 Å².